The summed E-state index contributed by atoms with van der Waals surface area (Å²) in [7, 11) is 0. The number of carbonyl (C=O) groups is 3. The molecule has 1 amide bonds. The first-order valence-electron chi connectivity index (χ1n) is 17.0. The lowest BCUT2D eigenvalue weighted by Crippen LogP contribution is -2.40. The van der Waals surface area contributed by atoms with Crippen LogP contribution in [-0.2, 0) is 19.1 Å². The van der Waals surface area contributed by atoms with Gasteiger partial charge < -0.3 is 20.9 Å². The molecule has 7 nitrogen and oxygen atoms in total. The summed E-state index contributed by atoms with van der Waals surface area (Å²) in [5.74, 6) is -1.28. The quantitative estimate of drug-likeness (QED) is 0.0446. The van der Waals surface area contributed by atoms with Crippen molar-refractivity contribution in [1.82, 2.24) is 5.32 Å². The van der Waals surface area contributed by atoms with Crippen LogP contribution in [0.3, 0.4) is 0 Å². The van der Waals surface area contributed by atoms with E-state index in [1.54, 1.807) is 0 Å². The maximum atomic E-state index is 12.5. The molecule has 2 atom stereocenters. The Morgan fingerprint density at radius 2 is 1.22 bits per heavy atom. The highest BCUT2D eigenvalue weighted by Crippen LogP contribution is 2.18. The van der Waals surface area contributed by atoms with Gasteiger partial charge in [0.25, 0.3) is 0 Å². The predicted octanol–water partition coefficient (Wildman–Crippen LogP) is 8.38. The van der Waals surface area contributed by atoms with Crippen LogP contribution < -0.4 is 11.1 Å². The highest BCUT2D eigenvalue weighted by molar-refractivity contribution is 5.83. The molecule has 0 aliphatic rings. The number of unbranched alkanes of at least 4 members (excludes halogenated alkanes) is 14. The highest BCUT2D eigenvalue weighted by Gasteiger charge is 2.19. The van der Waals surface area contributed by atoms with Gasteiger partial charge in [0.1, 0.15) is 12.1 Å². The molecule has 0 fully saturated rings. The van der Waals surface area contributed by atoms with Crippen LogP contribution in [0.15, 0.2) is 12.2 Å². The number of nitrogens with two attached hydrogens (primary N) is 1. The predicted molar refractivity (Wildman–Crippen MR) is 170 cm³/mol. The Hall–Kier alpha value is -1.89. The molecule has 7 heteroatoms. The third kappa shape index (κ3) is 26.7. The Bertz CT molecular complexity index is 668. The van der Waals surface area contributed by atoms with Crippen LogP contribution in [0.4, 0.5) is 0 Å². The number of nitrogens with one attached hydrogen (secondary N) is 1. The minimum atomic E-state index is -1.01. The number of hydrogen-bond donors (Lipinski definition) is 3. The maximum Gasteiger partial charge on any atom is 0.326 e. The fraction of sp³-hybridized carbons (Fsp3) is 0.853. The molecule has 0 saturated heterocycles. The van der Waals surface area contributed by atoms with Crippen LogP contribution in [0.25, 0.3) is 0 Å². The number of carboxylic acids is 1. The van der Waals surface area contributed by atoms with Gasteiger partial charge in [-0.25, -0.2) is 4.79 Å². The molecule has 0 aromatic carbocycles. The van der Waals surface area contributed by atoms with Gasteiger partial charge in [-0.2, -0.15) is 0 Å². The smallest absolute Gasteiger partial charge is 0.326 e. The monoisotopic (exact) mass is 580 g/mol. The normalized spacial score (nSPS) is 12.9. The van der Waals surface area contributed by atoms with E-state index in [1.165, 1.54) is 70.6 Å². The molecular formula is C34H64N2O5. The second-order valence-electron chi connectivity index (χ2n) is 11.6. The lowest BCUT2D eigenvalue weighted by Gasteiger charge is -2.18. The lowest BCUT2D eigenvalue weighted by molar-refractivity contribution is -0.150. The zero-order chi connectivity index (χ0) is 30.4. The third-order valence-corrected chi connectivity index (χ3v) is 7.58. The van der Waals surface area contributed by atoms with Gasteiger partial charge in [0.05, 0.1) is 0 Å². The summed E-state index contributed by atoms with van der Waals surface area (Å²) in [5, 5.41) is 11.9. The van der Waals surface area contributed by atoms with Gasteiger partial charge in [0.15, 0.2) is 0 Å². The van der Waals surface area contributed by atoms with Crippen LogP contribution >= 0.6 is 0 Å². The molecule has 2 unspecified atom stereocenters. The summed E-state index contributed by atoms with van der Waals surface area (Å²) in [6.07, 6.45) is 28.3. The minimum absolute atomic E-state index is 0.00853. The fourth-order valence-electron chi connectivity index (χ4n) is 4.96. The Morgan fingerprint density at radius 3 is 1.83 bits per heavy atom. The maximum absolute atomic E-state index is 12.5. The molecule has 0 saturated carbocycles. The first-order chi connectivity index (χ1) is 19.9. The summed E-state index contributed by atoms with van der Waals surface area (Å²) >= 11 is 0. The zero-order valence-corrected chi connectivity index (χ0v) is 26.6. The molecule has 0 radical (unpaired) electrons. The van der Waals surface area contributed by atoms with Crippen molar-refractivity contribution in [2.24, 2.45) is 5.73 Å². The molecule has 4 N–H and O–H groups in total. The van der Waals surface area contributed by atoms with Crippen molar-refractivity contribution in [3.8, 4) is 0 Å². The van der Waals surface area contributed by atoms with Crippen LogP contribution in [0.1, 0.15) is 168 Å². The number of carboxylic acid groups (broad SMARTS) is 1. The summed E-state index contributed by atoms with van der Waals surface area (Å²) in [4.78, 5) is 36.0. The molecule has 0 spiro atoms. The van der Waals surface area contributed by atoms with Crippen molar-refractivity contribution in [1.29, 1.82) is 0 Å². The molecule has 0 rings (SSSR count). The average Bonchev–Trinajstić information content (AvgIpc) is 2.95. The van der Waals surface area contributed by atoms with Crippen molar-refractivity contribution in [2.75, 3.05) is 6.54 Å². The Kier molecular flexibility index (Phi) is 28.2. The number of allylic oxidation sites excluding steroid dienone is 2. The highest BCUT2D eigenvalue weighted by atomic mass is 16.5. The number of esters is 1. The Morgan fingerprint density at radius 1 is 0.683 bits per heavy atom. The van der Waals surface area contributed by atoms with Gasteiger partial charge in [-0.3, -0.25) is 9.59 Å². The van der Waals surface area contributed by atoms with E-state index in [1.807, 2.05) is 0 Å². The first kappa shape index (κ1) is 39.1. The van der Waals surface area contributed by atoms with Crippen molar-refractivity contribution in [2.45, 2.75) is 180 Å². The van der Waals surface area contributed by atoms with E-state index >= 15 is 0 Å². The van der Waals surface area contributed by atoms with Crippen LogP contribution in [-0.4, -0.2) is 41.6 Å². The second kappa shape index (κ2) is 29.6. The van der Waals surface area contributed by atoms with E-state index in [0.29, 0.717) is 32.2 Å². The van der Waals surface area contributed by atoms with Crippen molar-refractivity contribution >= 4 is 17.8 Å². The van der Waals surface area contributed by atoms with Gasteiger partial charge >= 0.3 is 11.9 Å². The van der Waals surface area contributed by atoms with Crippen molar-refractivity contribution < 1.29 is 24.2 Å². The molecule has 0 aromatic heterocycles. The van der Waals surface area contributed by atoms with Gasteiger partial charge in [-0.05, 0) is 77.2 Å². The fourth-order valence-corrected chi connectivity index (χ4v) is 4.96. The number of amides is 1. The summed E-state index contributed by atoms with van der Waals surface area (Å²) in [5.41, 5.74) is 5.45. The third-order valence-electron chi connectivity index (χ3n) is 7.58. The summed E-state index contributed by atoms with van der Waals surface area (Å²) in [6.45, 7) is 4.85. The lowest BCUT2D eigenvalue weighted by atomic mass is 10.0. The van der Waals surface area contributed by atoms with Crippen LogP contribution in [0.5, 0.6) is 0 Å². The number of rotatable bonds is 30. The van der Waals surface area contributed by atoms with E-state index in [4.69, 9.17) is 10.5 Å². The van der Waals surface area contributed by atoms with E-state index < -0.39 is 12.0 Å². The SMILES string of the molecule is CCCC/C=C\CCCCCCCC(=O)OC(CCCCCCC)CCCCCCC(=O)NC(CCCN)C(=O)O. The topological polar surface area (TPSA) is 119 Å². The zero-order valence-electron chi connectivity index (χ0n) is 26.6. The molecule has 41 heavy (non-hydrogen) atoms. The van der Waals surface area contributed by atoms with Gasteiger partial charge in [-0.15, -0.1) is 0 Å². The Balaban J connectivity index is 4.19. The van der Waals surface area contributed by atoms with Crippen LogP contribution in [0, 0.1) is 0 Å². The van der Waals surface area contributed by atoms with Crippen LogP contribution in [0.2, 0.25) is 0 Å². The van der Waals surface area contributed by atoms with E-state index in [-0.39, 0.29) is 18.0 Å². The summed E-state index contributed by atoms with van der Waals surface area (Å²) in [6, 6.07) is -0.860. The molecule has 0 heterocycles. The number of ether oxygens (including phenoxy) is 1. The second-order valence-corrected chi connectivity index (χ2v) is 11.6. The average molecular weight is 581 g/mol. The van der Waals surface area contributed by atoms with E-state index in [2.05, 4.69) is 31.3 Å². The largest absolute Gasteiger partial charge is 0.480 e. The van der Waals surface area contributed by atoms with Crippen molar-refractivity contribution in [3.05, 3.63) is 12.2 Å². The minimum Gasteiger partial charge on any atom is -0.480 e. The molecule has 0 aliphatic heterocycles. The summed E-state index contributed by atoms with van der Waals surface area (Å²) < 4.78 is 5.92. The number of carbonyl (C=O) groups excluding carboxylic acids is 2. The first-order valence-corrected chi connectivity index (χ1v) is 17.0. The molecule has 0 bridgehead atoms. The number of hydrogen-bond acceptors (Lipinski definition) is 5. The van der Waals surface area contributed by atoms with E-state index in [0.717, 1.165) is 57.8 Å². The van der Waals surface area contributed by atoms with Gasteiger partial charge in [-0.1, -0.05) is 96.6 Å². The Labute approximate surface area is 251 Å². The molecule has 240 valence electrons. The molecular weight excluding hydrogens is 516 g/mol. The van der Waals surface area contributed by atoms with Gasteiger partial charge in [0, 0.05) is 12.8 Å². The molecule has 0 aliphatic carbocycles. The standard InChI is InChI=1S/C34H64N2O5/c1-3-5-7-9-10-11-12-13-14-16-22-28-33(38)41-30(24-19-15-8-6-4-2)25-20-17-18-21-27-32(37)36-31(34(39)40)26-23-29-35/h9-10,30-31H,3-8,11-29,35H2,1-2H3,(H,36,37)(H,39,40)/b10-9-. The van der Waals surface area contributed by atoms with E-state index in [9.17, 15) is 19.5 Å². The van der Waals surface area contributed by atoms with Crippen molar-refractivity contribution in [3.63, 3.8) is 0 Å². The molecule has 0 aromatic rings. The number of aliphatic carboxylic acids is 1. The van der Waals surface area contributed by atoms with Gasteiger partial charge in [0.2, 0.25) is 5.91 Å².